The van der Waals surface area contributed by atoms with Crippen molar-refractivity contribution in [1.29, 1.82) is 0 Å². The summed E-state index contributed by atoms with van der Waals surface area (Å²) in [6.07, 6.45) is -2.32. The van der Waals surface area contributed by atoms with Crippen LogP contribution < -0.4 is 0 Å². The zero-order chi connectivity index (χ0) is 15.0. The molecule has 21 heavy (non-hydrogen) atoms. The summed E-state index contributed by atoms with van der Waals surface area (Å²) in [7, 11) is 1.96. The number of hydrogen-bond donors (Lipinski definition) is 0. The Morgan fingerprint density at radius 2 is 1.62 bits per heavy atom. The van der Waals surface area contributed by atoms with Crippen LogP contribution in [0.25, 0.3) is 5.57 Å². The smallest absolute Gasteiger partial charge is 0.376 e. The predicted octanol–water partition coefficient (Wildman–Crippen LogP) is 4.54. The highest BCUT2D eigenvalue weighted by Gasteiger charge is 2.30. The van der Waals surface area contributed by atoms with E-state index in [9.17, 15) is 13.2 Å². The van der Waals surface area contributed by atoms with E-state index in [1.165, 1.54) is 17.7 Å². The molecular formula is C17H14F3N. The fourth-order valence-corrected chi connectivity index (χ4v) is 2.59. The van der Waals surface area contributed by atoms with Crippen molar-refractivity contribution in [3.63, 3.8) is 0 Å². The van der Waals surface area contributed by atoms with Crippen molar-refractivity contribution in [3.05, 3.63) is 77.0 Å². The van der Waals surface area contributed by atoms with Gasteiger partial charge in [0, 0.05) is 25.4 Å². The van der Waals surface area contributed by atoms with Gasteiger partial charge >= 0.3 is 6.18 Å². The third kappa shape index (κ3) is 2.66. The van der Waals surface area contributed by atoms with Gasteiger partial charge in [-0.1, -0.05) is 36.4 Å². The minimum absolute atomic E-state index is 0.621. The monoisotopic (exact) mass is 289 g/mol. The van der Waals surface area contributed by atoms with Gasteiger partial charge in [0.05, 0.1) is 5.56 Å². The number of halogens is 3. The van der Waals surface area contributed by atoms with Crippen LogP contribution in [0.1, 0.15) is 22.3 Å². The maximum Gasteiger partial charge on any atom is 0.416 e. The first kappa shape index (κ1) is 13.7. The predicted molar refractivity (Wildman–Crippen MR) is 76.4 cm³/mol. The molecule has 1 aliphatic heterocycles. The molecule has 1 aliphatic rings. The second-order valence-corrected chi connectivity index (χ2v) is 5.19. The molecule has 0 unspecified atom stereocenters. The van der Waals surface area contributed by atoms with Crippen molar-refractivity contribution in [1.82, 2.24) is 4.90 Å². The summed E-state index contributed by atoms with van der Waals surface area (Å²) in [6, 6.07) is 13.3. The Hall–Kier alpha value is -2.23. The van der Waals surface area contributed by atoms with Gasteiger partial charge in [-0.15, -0.1) is 0 Å². The Morgan fingerprint density at radius 1 is 0.952 bits per heavy atom. The van der Waals surface area contributed by atoms with Crippen molar-refractivity contribution in [3.8, 4) is 0 Å². The molecule has 3 rings (SSSR count). The molecule has 2 aromatic carbocycles. The van der Waals surface area contributed by atoms with Gasteiger partial charge in [-0.3, -0.25) is 0 Å². The minimum Gasteiger partial charge on any atom is -0.376 e. The molecule has 0 atom stereocenters. The highest BCUT2D eigenvalue weighted by Crippen LogP contribution is 2.34. The number of benzene rings is 2. The molecule has 0 N–H and O–H groups in total. The molecule has 0 radical (unpaired) electrons. The van der Waals surface area contributed by atoms with Crippen LogP contribution in [0, 0.1) is 0 Å². The van der Waals surface area contributed by atoms with E-state index in [1.54, 1.807) is 0 Å². The fourth-order valence-electron chi connectivity index (χ4n) is 2.59. The van der Waals surface area contributed by atoms with E-state index in [0.717, 1.165) is 35.4 Å². The van der Waals surface area contributed by atoms with Crippen LogP contribution in [-0.4, -0.2) is 11.9 Å². The van der Waals surface area contributed by atoms with E-state index >= 15 is 0 Å². The lowest BCUT2D eigenvalue weighted by atomic mass is 9.91. The van der Waals surface area contributed by atoms with E-state index < -0.39 is 11.7 Å². The summed E-state index contributed by atoms with van der Waals surface area (Å²) >= 11 is 0. The largest absolute Gasteiger partial charge is 0.416 e. The van der Waals surface area contributed by atoms with Gasteiger partial charge in [0.15, 0.2) is 0 Å². The van der Waals surface area contributed by atoms with Crippen molar-refractivity contribution in [2.45, 2.75) is 12.7 Å². The molecule has 1 heterocycles. The molecule has 2 aromatic rings. The summed E-state index contributed by atoms with van der Waals surface area (Å²) in [4.78, 5) is 2.04. The number of rotatable bonds is 1. The Kier molecular flexibility index (Phi) is 3.24. The molecule has 0 saturated heterocycles. The van der Waals surface area contributed by atoms with E-state index in [1.807, 2.05) is 42.4 Å². The molecule has 108 valence electrons. The summed E-state index contributed by atoms with van der Waals surface area (Å²) in [5.41, 5.74) is 3.38. The second-order valence-electron chi connectivity index (χ2n) is 5.19. The third-order valence-corrected chi connectivity index (χ3v) is 3.60. The Balaban J connectivity index is 2.03. The molecule has 0 saturated carbocycles. The first-order valence-corrected chi connectivity index (χ1v) is 6.63. The van der Waals surface area contributed by atoms with Crippen molar-refractivity contribution in [2.75, 3.05) is 7.05 Å². The number of hydrogen-bond acceptors (Lipinski definition) is 1. The van der Waals surface area contributed by atoms with Gasteiger partial charge in [0.25, 0.3) is 0 Å². The first-order chi connectivity index (χ1) is 9.95. The molecular weight excluding hydrogens is 275 g/mol. The molecule has 0 spiro atoms. The zero-order valence-corrected chi connectivity index (χ0v) is 11.5. The summed E-state index contributed by atoms with van der Waals surface area (Å²) < 4.78 is 37.9. The van der Waals surface area contributed by atoms with Crippen molar-refractivity contribution < 1.29 is 13.2 Å². The maximum absolute atomic E-state index is 12.6. The average Bonchev–Trinajstić information content (AvgIpc) is 2.45. The number of fused-ring (bicyclic) bond motifs is 1. The van der Waals surface area contributed by atoms with Crippen LogP contribution in [0.4, 0.5) is 13.2 Å². The van der Waals surface area contributed by atoms with E-state index in [-0.39, 0.29) is 0 Å². The molecule has 0 aliphatic carbocycles. The standard InChI is InChI=1S/C17H14F3N/c1-21-10-13-4-2-3-5-15(13)16(11-21)12-6-8-14(9-7-12)17(18,19)20/h2-9,11H,10H2,1H3. The van der Waals surface area contributed by atoms with Gasteiger partial charge in [-0.25, -0.2) is 0 Å². The second kappa shape index (κ2) is 4.95. The maximum atomic E-state index is 12.6. The van der Waals surface area contributed by atoms with Gasteiger partial charge in [0.2, 0.25) is 0 Å². The van der Waals surface area contributed by atoms with Gasteiger partial charge in [-0.2, -0.15) is 13.2 Å². The molecule has 1 nitrogen and oxygen atoms in total. The van der Waals surface area contributed by atoms with Crippen LogP contribution in [-0.2, 0) is 12.7 Å². The molecule has 4 heteroatoms. The van der Waals surface area contributed by atoms with Gasteiger partial charge in [0.1, 0.15) is 0 Å². The lowest BCUT2D eigenvalue weighted by molar-refractivity contribution is -0.137. The van der Waals surface area contributed by atoms with E-state index in [0.29, 0.717) is 0 Å². The van der Waals surface area contributed by atoms with Crippen molar-refractivity contribution in [2.24, 2.45) is 0 Å². The fraction of sp³-hybridized carbons (Fsp3) is 0.176. The highest BCUT2D eigenvalue weighted by molar-refractivity contribution is 5.82. The van der Waals surface area contributed by atoms with Gasteiger partial charge < -0.3 is 4.90 Å². The Bertz CT molecular complexity index is 684. The minimum atomic E-state index is -4.30. The Morgan fingerprint density at radius 3 is 2.29 bits per heavy atom. The lowest BCUT2D eigenvalue weighted by Gasteiger charge is -2.26. The number of alkyl halides is 3. The molecule has 0 aromatic heterocycles. The average molecular weight is 289 g/mol. The summed E-state index contributed by atoms with van der Waals surface area (Å²) in [5.74, 6) is 0. The van der Waals surface area contributed by atoms with Crippen LogP contribution in [0.5, 0.6) is 0 Å². The van der Waals surface area contributed by atoms with Gasteiger partial charge in [-0.05, 0) is 28.8 Å². The summed E-state index contributed by atoms with van der Waals surface area (Å²) in [5, 5.41) is 0. The lowest BCUT2D eigenvalue weighted by Crippen LogP contribution is -2.17. The zero-order valence-electron chi connectivity index (χ0n) is 11.5. The highest BCUT2D eigenvalue weighted by atomic mass is 19.4. The van der Waals surface area contributed by atoms with Crippen molar-refractivity contribution >= 4 is 5.57 Å². The van der Waals surface area contributed by atoms with E-state index in [2.05, 4.69) is 0 Å². The van der Waals surface area contributed by atoms with Crippen LogP contribution in [0.2, 0.25) is 0 Å². The Labute approximate surface area is 121 Å². The SMILES string of the molecule is CN1C=C(c2ccc(C(F)(F)F)cc2)c2ccccc2C1. The first-order valence-electron chi connectivity index (χ1n) is 6.63. The van der Waals surface area contributed by atoms with Crippen LogP contribution in [0.15, 0.2) is 54.7 Å². The van der Waals surface area contributed by atoms with E-state index in [4.69, 9.17) is 0 Å². The number of nitrogens with zero attached hydrogens (tertiary/aromatic N) is 1. The summed E-state index contributed by atoms with van der Waals surface area (Å²) in [6.45, 7) is 0.806. The van der Waals surface area contributed by atoms with Crippen LogP contribution in [0.3, 0.4) is 0 Å². The molecule has 0 bridgehead atoms. The molecule has 0 amide bonds. The molecule has 0 fully saturated rings. The van der Waals surface area contributed by atoms with Crippen LogP contribution >= 0.6 is 0 Å². The topological polar surface area (TPSA) is 3.24 Å². The quantitative estimate of drug-likeness (QED) is 0.745. The normalized spacial score (nSPS) is 14.7. The third-order valence-electron chi connectivity index (χ3n) is 3.60.